The molecule has 0 amide bonds. The Morgan fingerprint density at radius 3 is 2.72 bits per heavy atom. The van der Waals surface area contributed by atoms with E-state index in [4.69, 9.17) is 5.41 Å². The third-order valence-corrected chi connectivity index (χ3v) is 6.13. The molecule has 0 saturated heterocycles. The Bertz CT molecular complexity index is 1480. The molecular weight excluding hydrogens is 469 g/mol. The maximum Gasteiger partial charge on any atom is 0.334 e. The van der Waals surface area contributed by atoms with Crippen LogP contribution in [-0.2, 0) is 19.0 Å². The molecule has 0 saturated carbocycles. The minimum atomic E-state index is -3.63. The van der Waals surface area contributed by atoms with E-state index >= 15 is 8.78 Å². The summed E-state index contributed by atoms with van der Waals surface area (Å²) in [5.74, 6) is -3.71. The Labute approximate surface area is 205 Å². The van der Waals surface area contributed by atoms with Crippen molar-refractivity contribution < 1.29 is 13.2 Å². The lowest BCUT2D eigenvalue weighted by Crippen LogP contribution is -2.26. The molecule has 0 spiro atoms. The van der Waals surface area contributed by atoms with Crippen molar-refractivity contribution in [3.63, 3.8) is 0 Å². The summed E-state index contributed by atoms with van der Waals surface area (Å²) in [5, 5.41) is 21.2. The highest BCUT2D eigenvalue weighted by Gasteiger charge is 2.43. The van der Waals surface area contributed by atoms with E-state index in [0.717, 1.165) is 35.0 Å². The number of fused-ring (bicyclic) bond motifs is 3. The van der Waals surface area contributed by atoms with Crippen LogP contribution in [0, 0.1) is 18.2 Å². The largest absolute Gasteiger partial charge is 0.375 e. The van der Waals surface area contributed by atoms with Crippen LogP contribution in [0.1, 0.15) is 17.0 Å². The predicted octanol–water partition coefficient (Wildman–Crippen LogP) is 4.53. The second-order valence-corrected chi connectivity index (χ2v) is 8.37. The summed E-state index contributed by atoms with van der Waals surface area (Å²) < 4.78 is 48.1. The molecule has 8 nitrogen and oxygen atoms in total. The van der Waals surface area contributed by atoms with Gasteiger partial charge in [0.1, 0.15) is 17.5 Å². The Balaban J connectivity index is 1.52. The fourth-order valence-electron chi connectivity index (χ4n) is 4.32. The molecule has 11 heteroatoms. The van der Waals surface area contributed by atoms with Crippen LogP contribution in [0.25, 0.3) is 22.6 Å². The zero-order valence-corrected chi connectivity index (χ0v) is 19.6. The summed E-state index contributed by atoms with van der Waals surface area (Å²) in [6, 6.07) is 8.58. The highest BCUT2D eigenvalue weighted by atomic mass is 19.3. The lowest BCUT2D eigenvalue weighted by atomic mass is 10.1. The second kappa shape index (κ2) is 8.99. The van der Waals surface area contributed by atoms with Crippen LogP contribution in [0.3, 0.4) is 0 Å². The molecule has 0 atom stereocenters. The summed E-state index contributed by atoms with van der Waals surface area (Å²) in [4.78, 5) is 4.40. The molecule has 3 N–H and O–H groups in total. The molecule has 3 aromatic heterocycles. The van der Waals surface area contributed by atoms with E-state index in [0.29, 0.717) is 29.7 Å². The normalized spacial score (nSPS) is 13.2. The molecule has 0 bridgehead atoms. The van der Waals surface area contributed by atoms with Crippen LogP contribution in [0.15, 0.2) is 60.7 Å². The molecule has 0 fully saturated rings. The van der Waals surface area contributed by atoms with Gasteiger partial charge in [0.05, 0.1) is 11.3 Å². The van der Waals surface area contributed by atoms with Crippen LogP contribution in [0.5, 0.6) is 0 Å². The number of nitrogens with one attached hydrogen (secondary N) is 3. The first kappa shape index (κ1) is 23.3. The van der Waals surface area contributed by atoms with Gasteiger partial charge in [-0.3, -0.25) is 0 Å². The topological polar surface area (TPSA) is 96.4 Å². The third-order valence-electron chi connectivity index (χ3n) is 6.13. The zero-order chi connectivity index (χ0) is 25.4. The fraction of sp³-hybridized carbons (Fsp3) is 0.200. The van der Waals surface area contributed by atoms with Gasteiger partial charge in [-0.25, -0.2) is 9.37 Å². The molecule has 4 aromatic rings. The Hall–Kier alpha value is -4.41. The van der Waals surface area contributed by atoms with Gasteiger partial charge in [-0.2, -0.15) is 8.78 Å². The van der Waals surface area contributed by atoms with Gasteiger partial charge in [-0.15, -0.1) is 10.2 Å². The molecule has 36 heavy (non-hydrogen) atoms. The van der Waals surface area contributed by atoms with Gasteiger partial charge in [-0.05, 0) is 48.4 Å². The standard InChI is InChI=1S/C25H23F3N8/c1-15-13-31-22(32-21(30-2)7-8-29)12-17(15)16-11-20-23-33-34-24(36(23)10-9-35(20)14-16)25(27,28)18-5-3-4-6-19(18)26/h3-8,11-14,29-30H,9-10H2,1-2H3,(H,31,32)/b21-7+,29-8?. The van der Waals surface area contributed by atoms with Gasteiger partial charge in [0.2, 0.25) is 5.82 Å². The van der Waals surface area contributed by atoms with E-state index in [1.807, 2.05) is 29.8 Å². The number of anilines is 1. The van der Waals surface area contributed by atoms with Crippen LogP contribution in [0.4, 0.5) is 19.0 Å². The highest BCUT2D eigenvalue weighted by molar-refractivity contribution is 5.75. The van der Waals surface area contributed by atoms with Crippen molar-refractivity contribution in [1.82, 2.24) is 29.6 Å². The van der Waals surface area contributed by atoms with E-state index in [9.17, 15) is 4.39 Å². The minimum absolute atomic E-state index is 0.227. The number of rotatable bonds is 7. The molecule has 184 valence electrons. The van der Waals surface area contributed by atoms with Gasteiger partial charge in [0.15, 0.2) is 5.82 Å². The monoisotopic (exact) mass is 492 g/mol. The number of hydrogen-bond donors (Lipinski definition) is 3. The number of hydrogen-bond acceptors (Lipinski definition) is 6. The number of aromatic nitrogens is 5. The molecule has 1 aliphatic rings. The number of pyridine rings is 1. The Kier molecular flexibility index (Phi) is 5.83. The Morgan fingerprint density at radius 2 is 1.97 bits per heavy atom. The minimum Gasteiger partial charge on any atom is -0.375 e. The molecule has 0 aliphatic carbocycles. The quantitative estimate of drug-likeness (QED) is 0.330. The van der Waals surface area contributed by atoms with Crippen molar-refractivity contribution >= 4 is 12.0 Å². The molecule has 0 unspecified atom stereocenters. The maximum atomic E-state index is 15.3. The second-order valence-electron chi connectivity index (χ2n) is 8.37. The van der Waals surface area contributed by atoms with Crippen LogP contribution in [0.2, 0.25) is 0 Å². The number of alkyl halides is 2. The van der Waals surface area contributed by atoms with E-state index in [-0.39, 0.29) is 6.54 Å². The average molecular weight is 493 g/mol. The van der Waals surface area contributed by atoms with Crippen molar-refractivity contribution in [2.75, 3.05) is 12.4 Å². The summed E-state index contributed by atoms with van der Waals surface area (Å²) >= 11 is 0. The number of benzene rings is 1. The SMILES string of the molecule is CN/C(=C\C=N)Nc1cc(-c2cc3n(c2)CCn2c-3nnc2C(F)(F)c2ccccc2F)c(C)cn1. The maximum absolute atomic E-state index is 15.3. The predicted molar refractivity (Wildman–Crippen MR) is 130 cm³/mol. The number of nitrogens with zero attached hydrogens (tertiary/aromatic N) is 5. The van der Waals surface area contributed by atoms with Gasteiger partial charge < -0.3 is 25.2 Å². The number of allylic oxidation sites excluding steroid dienone is 1. The van der Waals surface area contributed by atoms with Crippen molar-refractivity contribution in [3.05, 3.63) is 83.5 Å². The highest BCUT2D eigenvalue weighted by Crippen LogP contribution is 2.39. The van der Waals surface area contributed by atoms with Crippen LogP contribution >= 0.6 is 0 Å². The molecule has 0 radical (unpaired) electrons. The summed E-state index contributed by atoms with van der Waals surface area (Å²) in [6.07, 6.45) is 6.41. The van der Waals surface area contributed by atoms with E-state index in [1.165, 1.54) is 16.7 Å². The first-order valence-electron chi connectivity index (χ1n) is 11.2. The summed E-state index contributed by atoms with van der Waals surface area (Å²) in [6.45, 7) is 2.59. The van der Waals surface area contributed by atoms with Gasteiger partial charge in [0.25, 0.3) is 0 Å². The van der Waals surface area contributed by atoms with Crippen molar-refractivity contribution in [2.24, 2.45) is 0 Å². The molecular formula is C25H23F3N8. The van der Waals surface area contributed by atoms with Gasteiger partial charge in [0, 0.05) is 44.3 Å². The average Bonchev–Trinajstić information content (AvgIpc) is 3.49. The first-order valence-corrected chi connectivity index (χ1v) is 11.2. The van der Waals surface area contributed by atoms with Crippen LogP contribution < -0.4 is 10.6 Å². The molecule has 4 heterocycles. The first-order chi connectivity index (χ1) is 17.3. The summed E-state index contributed by atoms with van der Waals surface area (Å²) in [5.41, 5.74) is 2.62. The molecule has 1 aliphatic heterocycles. The lowest BCUT2D eigenvalue weighted by Gasteiger charge is -2.22. The zero-order valence-electron chi connectivity index (χ0n) is 19.6. The molecule has 1 aromatic carbocycles. The fourth-order valence-corrected chi connectivity index (χ4v) is 4.32. The van der Waals surface area contributed by atoms with E-state index < -0.39 is 23.1 Å². The third kappa shape index (κ3) is 3.92. The van der Waals surface area contributed by atoms with Gasteiger partial charge >= 0.3 is 5.92 Å². The van der Waals surface area contributed by atoms with Gasteiger partial charge in [-0.1, -0.05) is 12.1 Å². The van der Waals surface area contributed by atoms with Crippen LogP contribution in [-0.4, -0.2) is 37.6 Å². The Morgan fingerprint density at radius 1 is 1.17 bits per heavy atom. The molecule has 5 rings (SSSR count). The van der Waals surface area contributed by atoms with Crippen molar-refractivity contribution in [3.8, 4) is 22.6 Å². The number of halogens is 3. The van der Waals surface area contributed by atoms with E-state index in [1.54, 1.807) is 19.3 Å². The number of aryl methyl sites for hydroxylation is 2. The lowest BCUT2D eigenvalue weighted by molar-refractivity contribution is 0.0245. The van der Waals surface area contributed by atoms with Crippen molar-refractivity contribution in [2.45, 2.75) is 25.9 Å². The van der Waals surface area contributed by atoms with Crippen molar-refractivity contribution in [1.29, 1.82) is 5.41 Å². The smallest absolute Gasteiger partial charge is 0.334 e. The summed E-state index contributed by atoms with van der Waals surface area (Å²) in [7, 11) is 1.74. The van der Waals surface area contributed by atoms with E-state index in [2.05, 4.69) is 25.8 Å².